The van der Waals surface area contributed by atoms with Crippen LogP contribution in [0.3, 0.4) is 0 Å². The number of likely N-dealkylation sites (N-methyl/N-ethyl adjacent to an activating group) is 1. The smallest absolute Gasteiger partial charge is 0.360 e. The number of nitrogens with two attached hydrogens (primary N) is 1. The third-order valence-corrected chi connectivity index (χ3v) is 3.12. The largest absolute Gasteiger partial charge is 0.464 e. The second kappa shape index (κ2) is 7.85. The molecule has 0 radical (unpaired) electrons. The van der Waals surface area contributed by atoms with Crippen molar-refractivity contribution in [1.29, 1.82) is 0 Å². The quantitative estimate of drug-likeness (QED) is 0.664. The number of ether oxygens (including phenoxy) is 1. The first-order chi connectivity index (χ1) is 9.17. The zero-order valence-corrected chi connectivity index (χ0v) is 11.9. The van der Waals surface area contributed by atoms with Crippen LogP contribution in [0.2, 0.25) is 0 Å². The van der Waals surface area contributed by atoms with Crippen molar-refractivity contribution in [2.24, 2.45) is 5.73 Å². The molecule has 1 heterocycles. The normalized spacial score (nSPS) is 11.0. The van der Waals surface area contributed by atoms with Gasteiger partial charge in [-0.1, -0.05) is 19.1 Å². The number of hydrogen-bond acceptors (Lipinski definition) is 6. The van der Waals surface area contributed by atoms with Crippen LogP contribution in [0.1, 0.15) is 30.0 Å². The molecule has 0 saturated carbocycles. The van der Waals surface area contributed by atoms with Crippen LogP contribution in [0.5, 0.6) is 0 Å². The number of rotatable bonds is 8. The summed E-state index contributed by atoms with van der Waals surface area (Å²) in [7, 11) is 1.34. The maximum Gasteiger partial charge on any atom is 0.360 e. The maximum atomic E-state index is 11.6. The van der Waals surface area contributed by atoms with Crippen molar-refractivity contribution in [2.75, 3.05) is 33.3 Å². The van der Waals surface area contributed by atoms with Gasteiger partial charge in [0.15, 0.2) is 5.69 Å². The van der Waals surface area contributed by atoms with Gasteiger partial charge in [0.2, 0.25) is 0 Å². The Hall–Kier alpha value is -1.47. The van der Waals surface area contributed by atoms with Crippen molar-refractivity contribution in [3.8, 4) is 0 Å². The van der Waals surface area contributed by atoms with Gasteiger partial charge in [0, 0.05) is 13.0 Å². The summed E-state index contributed by atoms with van der Waals surface area (Å²) >= 11 is 0. The fraction of sp³-hybridized carbons (Fsp3) is 0.750. The van der Waals surface area contributed by atoms with Crippen molar-refractivity contribution >= 4 is 5.97 Å². The standard InChI is InChI=1S/C12H23N5O2/c1-4-16(5-2)8-9-17-10(6-7-13)11(14-15-17)12(18)19-3/h4-9,13H2,1-3H3. The van der Waals surface area contributed by atoms with Crippen LogP contribution in [-0.4, -0.2) is 59.2 Å². The lowest BCUT2D eigenvalue weighted by molar-refractivity contribution is 0.0592. The van der Waals surface area contributed by atoms with Crippen LogP contribution in [0.25, 0.3) is 0 Å². The van der Waals surface area contributed by atoms with Gasteiger partial charge in [-0.2, -0.15) is 0 Å². The van der Waals surface area contributed by atoms with E-state index in [9.17, 15) is 4.79 Å². The molecule has 1 aromatic rings. The molecule has 0 aromatic carbocycles. The molecular formula is C12H23N5O2. The molecule has 0 spiro atoms. The van der Waals surface area contributed by atoms with Crippen LogP contribution in [0.15, 0.2) is 0 Å². The van der Waals surface area contributed by atoms with Gasteiger partial charge in [-0.05, 0) is 19.6 Å². The highest BCUT2D eigenvalue weighted by Gasteiger charge is 2.19. The van der Waals surface area contributed by atoms with Crippen molar-refractivity contribution in [3.05, 3.63) is 11.4 Å². The van der Waals surface area contributed by atoms with Crippen LogP contribution in [-0.2, 0) is 17.7 Å². The van der Waals surface area contributed by atoms with E-state index in [0.717, 1.165) is 25.3 Å². The summed E-state index contributed by atoms with van der Waals surface area (Å²) in [6, 6.07) is 0. The molecule has 0 fully saturated rings. The number of hydrogen-bond donors (Lipinski definition) is 1. The Labute approximate surface area is 113 Å². The van der Waals surface area contributed by atoms with Crippen molar-refractivity contribution in [2.45, 2.75) is 26.8 Å². The minimum Gasteiger partial charge on any atom is -0.464 e. The lowest BCUT2D eigenvalue weighted by Crippen LogP contribution is -2.28. The third kappa shape index (κ3) is 4.00. The number of esters is 1. The molecule has 0 aliphatic carbocycles. The second-order valence-corrected chi connectivity index (χ2v) is 4.17. The molecule has 0 aliphatic heterocycles. The molecular weight excluding hydrogens is 246 g/mol. The number of carbonyl (C=O) groups excluding carboxylic acids is 1. The summed E-state index contributed by atoms with van der Waals surface area (Å²) in [6.07, 6.45) is 0.565. The van der Waals surface area contributed by atoms with Gasteiger partial charge in [0.05, 0.1) is 19.3 Å². The first kappa shape index (κ1) is 15.6. The Morgan fingerprint density at radius 1 is 1.42 bits per heavy atom. The van der Waals surface area contributed by atoms with Gasteiger partial charge >= 0.3 is 5.97 Å². The Bertz CT molecular complexity index is 401. The van der Waals surface area contributed by atoms with Gasteiger partial charge in [-0.25, -0.2) is 9.48 Å². The van der Waals surface area contributed by atoms with E-state index in [1.165, 1.54) is 7.11 Å². The molecule has 2 N–H and O–H groups in total. The monoisotopic (exact) mass is 269 g/mol. The van der Waals surface area contributed by atoms with Gasteiger partial charge in [-0.15, -0.1) is 5.10 Å². The van der Waals surface area contributed by atoms with Gasteiger partial charge in [0.25, 0.3) is 0 Å². The van der Waals surface area contributed by atoms with Crippen molar-refractivity contribution in [1.82, 2.24) is 19.9 Å². The topological polar surface area (TPSA) is 86.3 Å². The second-order valence-electron chi connectivity index (χ2n) is 4.17. The summed E-state index contributed by atoms with van der Waals surface area (Å²) in [5.74, 6) is -0.461. The van der Waals surface area contributed by atoms with Crippen LogP contribution in [0, 0.1) is 0 Å². The Kier molecular flexibility index (Phi) is 6.44. The fourth-order valence-corrected chi connectivity index (χ4v) is 1.93. The molecule has 19 heavy (non-hydrogen) atoms. The average Bonchev–Trinajstić information content (AvgIpc) is 2.83. The molecule has 0 aliphatic rings. The molecule has 0 saturated heterocycles. The van der Waals surface area contributed by atoms with E-state index in [2.05, 4.69) is 29.1 Å². The average molecular weight is 269 g/mol. The molecule has 0 bridgehead atoms. The Morgan fingerprint density at radius 3 is 2.63 bits per heavy atom. The van der Waals surface area contributed by atoms with Gasteiger partial charge in [0.1, 0.15) is 0 Å². The lowest BCUT2D eigenvalue weighted by atomic mass is 10.2. The highest BCUT2D eigenvalue weighted by molar-refractivity contribution is 5.88. The van der Waals surface area contributed by atoms with Gasteiger partial charge in [-0.3, -0.25) is 0 Å². The molecule has 1 aromatic heterocycles. The third-order valence-electron chi connectivity index (χ3n) is 3.12. The minimum atomic E-state index is -0.461. The SMILES string of the molecule is CCN(CC)CCn1nnc(C(=O)OC)c1CCN. The highest BCUT2D eigenvalue weighted by atomic mass is 16.5. The van der Waals surface area contributed by atoms with Gasteiger partial charge < -0.3 is 15.4 Å². The number of carbonyl (C=O) groups is 1. The summed E-state index contributed by atoms with van der Waals surface area (Å²) in [5.41, 5.74) is 6.60. The summed E-state index contributed by atoms with van der Waals surface area (Å²) in [6.45, 7) is 8.22. The molecule has 7 nitrogen and oxygen atoms in total. The van der Waals surface area contributed by atoms with E-state index in [4.69, 9.17) is 10.5 Å². The number of methoxy groups -OCH3 is 1. The number of nitrogens with zero attached hydrogens (tertiary/aromatic N) is 4. The van der Waals surface area contributed by atoms with E-state index in [1.54, 1.807) is 4.68 Å². The maximum absolute atomic E-state index is 11.6. The van der Waals surface area contributed by atoms with Crippen LogP contribution < -0.4 is 5.73 Å². The lowest BCUT2D eigenvalue weighted by Gasteiger charge is -2.18. The van der Waals surface area contributed by atoms with E-state index in [1.807, 2.05) is 0 Å². The predicted octanol–water partition coefficient (Wildman–Crippen LogP) is -0.0923. The zero-order valence-electron chi connectivity index (χ0n) is 11.9. The van der Waals surface area contributed by atoms with Crippen LogP contribution in [0.4, 0.5) is 0 Å². The zero-order chi connectivity index (χ0) is 14.3. The summed E-state index contributed by atoms with van der Waals surface area (Å²) in [4.78, 5) is 13.9. The molecule has 0 amide bonds. The molecule has 0 unspecified atom stereocenters. The summed E-state index contributed by atoms with van der Waals surface area (Å²) in [5, 5.41) is 7.93. The van der Waals surface area contributed by atoms with E-state index < -0.39 is 5.97 Å². The van der Waals surface area contributed by atoms with E-state index in [0.29, 0.717) is 19.5 Å². The first-order valence-electron chi connectivity index (χ1n) is 6.60. The predicted molar refractivity (Wildman–Crippen MR) is 71.9 cm³/mol. The molecule has 0 atom stereocenters. The first-order valence-corrected chi connectivity index (χ1v) is 6.60. The molecule has 108 valence electrons. The van der Waals surface area contributed by atoms with E-state index >= 15 is 0 Å². The molecule has 7 heteroatoms. The Balaban J connectivity index is 2.82. The number of aromatic nitrogens is 3. The minimum absolute atomic E-state index is 0.271. The Morgan fingerprint density at radius 2 is 2.11 bits per heavy atom. The van der Waals surface area contributed by atoms with Crippen molar-refractivity contribution in [3.63, 3.8) is 0 Å². The van der Waals surface area contributed by atoms with Crippen molar-refractivity contribution < 1.29 is 9.53 Å². The summed E-state index contributed by atoms with van der Waals surface area (Å²) < 4.78 is 6.45. The fourth-order valence-electron chi connectivity index (χ4n) is 1.93. The highest BCUT2D eigenvalue weighted by Crippen LogP contribution is 2.08. The van der Waals surface area contributed by atoms with Crippen LogP contribution >= 0.6 is 0 Å². The molecule has 1 rings (SSSR count). The van der Waals surface area contributed by atoms with E-state index in [-0.39, 0.29) is 5.69 Å².